The maximum absolute atomic E-state index is 12.2. The zero-order chi connectivity index (χ0) is 21.9. The first-order valence-electron chi connectivity index (χ1n) is 9.29. The van der Waals surface area contributed by atoms with Gasteiger partial charge in [0.15, 0.2) is 0 Å². The molecule has 1 aromatic rings. The molecule has 0 saturated heterocycles. The van der Waals surface area contributed by atoms with Crippen LogP contribution in [0.4, 0.5) is 0 Å². The molecule has 9 heteroatoms. The number of unbranched alkanes of at least 4 members (excludes halogenated alkanes) is 2. The summed E-state index contributed by atoms with van der Waals surface area (Å²) < 4.78 is 9.92. The Balaban J connectivity index is 2.73. The average Bonchev–Trinajstić information content (AvgIpc) is 3.13. The zero-order valence-electron chi connectivity index (χ0n) is 17.3. The number of aromatic nitrogens is 1. The minimum absolute atomic E-state index is 0.0370. The van der Waals surface area contributed by atoms with Crippen LogP contribution in [0.2, 0.25) is 0 Å². The van der Waals surface area contributed by atoms with E-state index in [1.165, 1.54) is 18.5 Å². The quantitative estimate of drug-likeness (QED) is 0.124. The van der Waals surface area contributed by atoms with Crippen molar-refractivity contribution < 1.29 is 24.4 Å². The van der Waals surface area contributed by atoms with Crippen molar-refractivity contribution in [3.63, 3.8) is 0 Å². The van der Waals surface area contributed by atoms with Crippen LogP contribution in [0.3, 0.4) is 0 Å². The molecular weight excluding hydrogens is 376 g/mol. The molecule has 0 fully saturated rings. The highest BCUT2D eigenvalue weighted by Gasteiger charge is 2.42. The normalized spacial score (nSPS) is 14.5. The Labute approximate surface area is 171 Å². The van der Waals surface area contributed by atoms with Crippen molar-refractivity contribution in [2.75, 3.05) is 20.3 Å². The van der Waals surface area contributed by atoms with Gasteiger partial charge < -0.3 is 19.8 Å². The van der Waals surface area contributed by atoms with Gasteiger partial charge in [0, 0.05) is 44.0 Å². The van der Waals surface area contributed by atoms with Crippen LogP contribution >= 0.6 is 0 Å². The van der Waals surface area contributed by atoms with Crippen molar-refractivity contribution in [3.8, 4) is 11.8 Å². The second-order valence-electron chi connectivity index (χ2n) is 6.87. The molecule has 1 rings (SSSR count). The van der Waals surface area contributed by atoms with Gasteiger partial charge in [0.25, 0.3) is 5.91 Å². The van der Waals surface area contributed by atoms with E-state index in [1.807, 2.05) is 0 Å². The van der Waals surface area contributed by atoms with Crippen molar-refractivity contribution in [3.05, 3.63) is 29.2 Å². The number of nitrogens with zero attached hydrogens (tertiary/aromatic N) is 1. The molecule has 0 radical (unpaired) electrons. The summed E-state index contributed by atoms with van der Waals surface area (Å²) in [4.78, 5) is 12.2. The number of amides is 1. The number of hydrogen-bond acceptors (Lipinski definition) is 8. The first-order valence-corrected chi connectivity index (χ1v) is 9.29. The van der Waals surface area contributed by atoms with E-state index in [9.17, 15) is 9.90 Å². The number of hydrogen-bond donors (Lipinski definition) is 5. The van der Waals surface area contributed by atoms with E-state index in [1.54, 1.807) is 27.0 Å². The molecule has 29 heavy (non-hydrogen) atoms. The Hall–Kier alpha value is -2.51. The smallest absolute Gasteiger partial charge is 0.266 e. The van der Waals surface area contributed by atoms with Gasteiger partial charge in [-0.15, -0.1) is 0 Å². The summed E-state index contributed by atoms with van der Waals surface area (Å²) in [6, 6.07) is 1.49. The van der Waals surface area contributed by atoms with Crippen LogP contribution in [0.15, 0.2) is 22.2 Å². The SMILES string of the molecule is COCCCCC#C/C(C)=C/C(=N)CN[C@](C)(C(=O)NO)C(O)c1cc(C)on1. The van der Waals surface area contributed by atoms with Gasteiger partial charge in [0.2, 0.25) is 0 Å². The number of carbonyl (C=O) groups is 1. The number of methoxy groups -OCH3 is 1. The Bertz CT molecular complexity index is 777. The predicted octanol–water partition coefficient (Wildman–Crippen LogP) is 1.66. The van der Waals surface area contributed by atoms with Gasteiger partial charge in [0.1, 0.15) is 23.1 Å². The Morgan fingerprint density at radius 1 is 1.52 bits per heavy atom. The Kier molecular flexibility index (Phi) is 10.3. The molecule has 1 aromatic heterocycles. The summed E-state index contributed by atoms with van der Waals surface area (Å²) in [6.07, 6.45) is 2.82. The predicted molar refractivity (Wildman–Crippen MR) is 108 cm³/mol. The van der Waals surface area contributed by atoms with E-state index in [2.05, 4.69) is 22.3 Å². The second kappa shape index (κ2) is 12.1. The van der Waals surface area contributed by atoms with Gasteiger partial charge >= 0.3 is 0 Å². The van der Waals surface area contributed by atoms with Crippen molar-refractivity contribution in [1.82, 2.24) is 16.0 Å². The van der Waals surface area contributed by atoms with Crippen LogP contribution in [0, 0.1) is 24.2 Å². The van der Waals surface area contributed by atoms with E-state index >= 15 is 0 Å². The van der Waals surface area contributed by atoms with Gasteiger partial charge in [-0.3, -0.25) is 15.3 Å². The largest absolute Gasteiger partial charge is 0.385 e. The molecular formula is C20H30N4O5. The van der Waals surface area contributed by atoms with Crippen molar-refractivity contribution in [1.29, 1.82) is 5.41 Å². The number of nitrogens with one attached hydrogen (secondary N) is 3. The molecule has 1 heterocycles. The van der Waals surface area contributed by atoms with E-state index in [-0.39, 0.29) is 18.0 Å². The second-order valence-corrected chi connectivity index (χ2v) is 6.87. The number of hydroxylamine groups is 1. The van der Waals surface area contributed by atoms with Gasteiger partial charge in [0.05, 0.1) is 0 Å². The summed E-state index contributed by atoms with van der Waals surface area (Å²) in [5.74, 6) is 5.63. The molecule has 0 aliphatic rings. The van der Waals surface area contributed by atoms with Crippen LogP contribution < -0.4 is 10.8 Å². The highest BCUT2D eigenvalue weighted by atomic mass is 16.5. The lowest BCUT2D eigenvalue weighted by atomic mass is 9.91. The van der Waals surface area contributed by atoms with Gasteiger partial charge in [-0.25, -0.2) is 5.48 Å². The highest BCUT2D eigenvalue weighted by molar-refractivity contribution is 5.96. The summed E-state index contributed by atoms with van der Waals surface area (Å²) in [5, 5.41) is 34.3. The minimum atomic E-state index is -1.64. The van der Waals surface area contributed by atoms with Crippen LogP contribution in [0.1, 0.15) is 50.7 Å². The molecule has 0 saturated carbocycles. The van der Waals surface area contributed by atoms with Crippen molar-refractivity contribution in [2.45, 2.75) is 51.7 Å². The fourth-order valence-electron chi connectivity index (χ4n) is 2.52. The van der Waals surface area contributed by atoms with Crippen LogP contribution in [-0.4, -0.2) is 52.9 Å². The fraction of sp³-hybridized carbons (Fsp3) is 0.550. The van der Waals surface area contributed by atoms with Gasteiger partial charge in [-0.05, 0) is 39.7 Å². The topological polar surface area (TPSA) is 141 Å². The monoisotopic (exact) mass is 406 g/mol. The molecule has 9 nitrogen and oxygen atoms in total. The van der Waals surface area contributed by atoms with Gasteiger partial charge in [-0.2, -0.15) is 0 Å². The number of carbonyl (C=O) groups excluding carboxylic acids is 1. The molecule has 0 aliphatic heterocycles. The number of allylic oxidation sites excluding steroid dienone is 1. The summed E-state index contributed by atoms with van der Waals surface area (Å²) in [7, 11) is 1.67. The first kappa shape index (κ1) is 24.5. The fourth-order valence-corrected chi connectivity index (χ4v) is 2.52. The molecule has 5 N–H and O–H groups in total. The standard InChI is InChI=1S/C20H30N4O5/c1-14(9-7-5-6-8-10-28-4)11-16(21)13-22-20(3,19(26)23-27)18(25)17-12-15(2)29-24-17/h11-12,18,21-22,25,27H,5-6,8,10,13H2,1-4H3,(H,23,26)/b14-11+,21-16?/t18?,20-/m0/s1. The molecule has 1 amide bonds. The Morgan fingerprint density at radius 3 is 2.83 bits per heavy atom. The average molecular weight is 406 g/mol. The number of rotatable bonds is 11. The third kappa shape index (κ3) is 7.79. The number of aliphatic hydroxyl groups excluding tert-OH is 1. The van der Waals surface area contributed by atoms with Crippen LogP contribution in [-0.2, 0) is 9.53 Å². The maximum atomic E-state index is 12.2. The summed E-state index contributed by atoms with van der Waals surface area (Å²) >= 11 is 0. The lowest BCUT2D eigenvalue weighted by Gasteiger charge is -2.32. The molecule has 0 aliphatic carbocycles. The van der Waals surface area contributed by atoms with E-state index < -0.39 is 17.6 Å². The van der Waals surface area contributed by atoms with E-state index in [0.717, 1.165) is 19.3 Å². The van der Waals surface area contributed by atoms with E-state index in [0.29, 0.717) is 17.9 Å². The molecule has 0 bridgehead atoms. The number of aryl methyl sites for hydroxylation is 1. The Morgan fingerprint density at radius 2 is 2.24 bits per heavy atom. The third-order valence-corrected chi connectivity index (χ3v) is 4.27. The molecule has 0 aromatic carbocycles. The van der Waals surface area contributed by atoms with Crippen molar-refractivity contribution in [2.24, 2.45) is 0 Å². The number of ether oxygens (including phenoxy) is 1. The molecule has 160 valence electrons. The number of aliphatic hydroxyl groups is 1. The molecule has 1 unspecified atom stereocenters. The lowest BCUT2D eigenvalue weighted by Crippen LogP contribution is -2.59. The zero-order valence-corrected chi connectivity index (χ0v) is 17.3. The lowest BCUT2D eigenvalue weighted by molar-refractivity contribution is -0.140. The maximum Gasteiger partial charge on any atom is 0.266 e. The van der Waals surface area contributed by atoms with Crippen molar-refractivity contribution >= 4 is 11.6 Å². The van der Waals surface area contributed by atoms with Gasteiger partial charge in [-0.1, -0.05) is 17.0 Å². The van der Waals surface area contributed by atoms with Crippen LogP contribution in [0.25, 0.3) is 0 Å². The first-order chi connectivity index (χ1) is 13.7. The molecule has 0 spiro atoms. The highest BCUT2D eigenvalue weighted by Crippen LogP contribution is 2.25. The minimum Gasteiger partial charge on any atom is -0.385 e. The summed E-state index contributed by atoms with van der Waals surface area (Å²) in [5.41, 5.74) is 0.913. The third-order valence-electron chi connectivity index (χ3n) is 4.27. The van der Waals surface area contributed by atoms with Crippen LogP contribution in [0.5, 0.6) is 0 Å². The summed E-state index contributed by atoms with van der Waals surface area (Å²) in [6.45, 7) is 5.53. The molecule has 2 atom stereocenters. The van der Waals surface area contributed by atoms with E-state index in [4.69, 9.17) is 19.9 Å².